The molecule has 2 bridgehead atoms. The molecule has 6 aliphatic rings. The lowest BCUT2D eigenvalue weighted by molar-refractivity contribution is -0.204. The number of hydrogen-bond acceptors (Lipinski definition) is 33. The van der Waals surface area contributed by atoms with E-state index in [0.29, 0.717) is 109 Å². The molecule has 12 rings (SSSR count). The molecule has 4 aromatic carbocycles. The van der Waals surface area contributed by atoms with Crippen LogP contribution in [0.4, 0.5) is 22.1 Å². The van der Waals surface area contributed by atoms with E-state index in [1.165, 1.54) is 26.4 Å². The number of terminal acetylenes is 1. The Balaban J connectivity index is 0.572. The molecule has 3 fully saturated rings. The molecule has 8 amide bonds. The Morgan fingerprint density at radius 2 is 1.32 bits per heavy atom. The number of aromatic amines is 2. The van der Waals surface area contributed by atoms with Gasteiger partial charge in [-0.2, -0.15) is 0 Å². The van der Waals surface area contributed by atoms with Crippen LogP contribution < -0.4 is 68.6 Å². The summed E-state index contributed by atoms with van der Waals surface area (Å²) in [6, 6.07) is 11.2. The Hall–Kier alpha value is -12.9. The van der Waals surface area contributed by atoms with Gasteiger partial charge in [0.25, 0.3) is 17.4 Å². The number of carbonyl (C=O) groups is 15. The normalized spacial score (nSPS) is 22.9. The minimum absolute atomic E-state index is 0.0134. The highest BCUT2D eigenvalue weighted by atomic mass is 33.1. The molecule has 15 atom stereocenters. The lowest BCUT2D eigenvalue weighted by atomic mass is 9.47. The zero-order valence-electron chi connectivity index (χ0n) is 77.7. The molecule has 1 unspecified atom stereocenters. The van der Waals surface area contributed by atoms with Crippen molar-refractivity contribution in [3.05, 3.63) is 135 Å². The first-order chi connectivity index (χ1) is 67.2. The van der Waals surface area contributed by atoms with Crippen molar-refractivity contribution in [3.63, 3.8) is 0 Å². The monoisotopic (exact) mass is 2030 g/mol. The van der Waals surface area contributed by atoms with Crippen LogP contribution in [-0.4, -0.2) is 318 Å². The average molecular weight is 2030 g/mol. The summed E-state index contributed by atoms with van der Waals surface area (Å²) < 4.78 is 23.0. The van der Waals surface area contributed by atoms with Gasteiger partial charge in [-0.1, -0.05) is 99.4 Å². The second kappa shape index (κ2) is 46.7. The molecule has 2 saturated heterocycles. The number of amides is 8. The van der Waals surface area contributed by atoms with Crippen LogP contribution in [-0.2, 0) is 100 Å². The number of methoxy groups -OCH3 is 2. The number of nitrogens with two attached hydrogens (primary N) is 1. The van der Waals surface area contributed by atoms with Crippen molar-refractivity contribution in [1.82, 2.24) is 67.5 Å². The third-order valence-electron chi connectivity index (χ3n) is 26.7. The number of esters is 2. The largest absolute Gasteiger partial charge is 0.496 e. The number of aliphatic carboxylic acids is 5. The number of anilines is 3. The Labute approximate surface area is 823 Å². The third-order valence-corrected chi connectivity index (χ3v) is 31.4. The molecule has 1 saturated carbocycles. The number of hydrazine groups is 1. The van der Waals surface area contributed by atoms with Gasteiger partial charge in [-0.3, -0.25) is 82.5 Å². The fraction of sp³-hybridized carbons (Fsp3) is 0.495. The van der Waals surface area contributed by atoms with Crippen molar-refractivity contribution < 1.29 is 132 Å². The number of benzene rings is 4. The van der Waals surface area contributed by atoms with Crippen molar-refractivity contribution in [3.8, 4) is 18.1 Å². The number of nitrogens with one attached hydrogen (secondary N) is 10. The van der Waals surface area contributed by atoms with E-state index in [0.717, 1.165) is 59.6 Å². The number of carboxylic acid groups (broad SMARTS) is 5. The highest BCUT2D eigenvalue weighted by Crippen LogP contribution is 2.68. The number of carbonyl (C=O) groups excluding carboxylic acids is 10. The van der Waals surface area contributed by atoms with E-state index in [9.17, 15) is 108 Å². The van der Waals surface area contributed by atoms with Crippen LogP contribution in [0.25, 0.3) is 21.8 Å². The average Bonchev–Trinajstić information content (AvgIpc) is 1.46. The molecule has 1 aliphatic carbocycles. The summed E-state index contributed by atoms with van der Waals surface area (Å²) >= 11 is 0. The van der Waals surface area contributed by atoms with Gasteiger partial charge < -0.3 is 112 Å². The number of aliphatic hydroxyl groups excluding tert-OH is 1. The molecule has 7 heterocycles. The number of rotatable bonds is 46. The maximum Gasteiger partial charge on any atom is 0.426 e. The number of ether oxygens (including phenoxy) is 4. The maximum atomic E-state index is 15.6. The Bertz CT molecular complexity index is 5910. The smallest absolute Gasteiger partial charge is 0.426 e. The zero-order chi connectivity index (χ0) is 102. The minimum atomic E-state index is -2.70. The molecule has 20 N–H and O–H groups in total. The van der Waals surface area contributed by atoms with E-state index in [4.69, 9.17) is 31.1 Å². The number of para-hydroxylation sites is 1. The van der Waals surface area contributed by atoms with Crippen LogP contribution in [0.3, 0.4) is 0 Å². The van der Waals surface area contributed by atoms with Crippen molar-refractivity contribution >= 4 is 172 Å². The molecule has 48 heteroatoms. The Kier molecular flexibility index (Phi) is 35.4. The second-order valence-corrected chi connectivity index (χ2v) is 40.8. The summed E-state index contributed by atoms with van der Waals surface area (Å²) in [6.45, 7) is 5.62. The first-order valence-electron chi connectivity index (χ1n) is 45.5. The molecule has 0 radical (unpaired) electrons. The van der Waals surface area contributed by atoms with Gasteiger partial charge in [0, 0.05) is 151 Å². The summed E-state index contributed by atoms with van der Waals surface area (Å²) in [4.78, 5) is 229. The Morgan fingerprint density at radius 3 is 1.94 bits per heavy atom. The first kappa shape index (κ1) is 107. The summed E-state index contributed by atoms with van der Waals surface area (Å²) in [5.41, 5.74) is 7.93. The minimum Gasteiger partial charge on any atom is -0.496 e. The van der Waals surface area contributed by atoms with Gasteiger partial charge in [0.05, 0.1) is 62.6 Å². The number of aliphatic hydroxyl groups is 3. The number of aromatic nitrogens is 3. The molecule has 758 valence electrons. The molecule has 141 heavy (non-hydrogen) atoms. The zero-order valence-corrected chi connectivity index (χ0v) is 81.0. The van der Waals surface area contributed by atoms with Gasteiger partial charge in [0.1, 0.15) is 60.7 Å². The number of hydrogen-bond donors (Lipinski definition) is 19. The molecule has 6 aromatic rings. The number of H-pyrrole nitrogens is 2. The highest BCUT2D eigenvalue weighted by molar-refractivity contribution is 8.77. The lowest BCUT2D eigenvalue weighted by Crippen LogP contribution is -2.82. The fourth-order valence-electron chi connectivity index (χ4n) is 20.4. The molecule has 1 spiro atoms. The maximum absolute atomic E-state index is 15.6. The second-order valence-electron chi connectivity index (χ2n) is 35.4. The van der Waals surface area contributed by atoms with Crippen LogP contribution in [0.1, 0.15) is 129 Å². The van der Waals surface area contributed by atoms with Crippen LogP contribution in [0.15, 0.2) is 95.8 Å². The molecule has 2 aromatic heterocycles. The summed E-state index contributed by atoms with van der Waals surface area (Å²) in [6.07, 6.45) is 3.71. The summed E-state index contributed by atoms with van der Waals surface area (Å²) in [5.74, 6) is -14.7. The number of likely N-dealkylation sites (N-methyl/N-ethyl adjacent to an activating group) is 1. The lowest BCUT2D eigenvalue weighted by Gasteiger charge is -2.63. The topological polar surface area (TPSA) is 652 Å². The van der Waals surface area contributed by atoms with Crippen LogP contribution >= 0.6 is 43.2 Å². The van der Waals surface area contributed by atoms with Gasteiger partial charge >= 0.3 is 47.9 Å². The standard InChI is InChI=1S/C93H114N16O28S4/c1-7-28-109(48-50-15-20-60-56(38-50)76(120)103-87(94)102-60)53-18-16-52(17-19-53)75(119)98-61(80(124)125)21-22-73(118)136-32-36-140-139-35-25-69(111)96-62(40-70(112)113)77(121)99-63(41-71(114)115)78(122)100-64(42-72(116)117)79(123)101-65(81(126)127)46-95-68(110)24-34-138-141-37-33-137-88(131)105-104-85(129)93(133)83-91(27-31-108-29-12-26-90(9-3,82(91)108)84(93)128)57-39-58(67(134-5)43-66(57)106(83)4)92(86(130)135-6)45-51-44-89(132,8-2)49-107(47-51)30-23-55-54-13-10-11-14-59(54)97-74(55)92/h1,10-20,26,38-39,43,51,61-65,82-84,97,128,132-133H,8-9,21-25,27-37,40-42,44-49H2,2-6H3,(H,95,110)(H,96,111)(H,98,119)(H,99,121)(H,100,122)(H,101,123)(H,104,129)(H,105,131)(H,112,113)(H,114,115)(H,116,117)(H,124,125)(H,126,127)(H3,94,102,103,120)/t51-,61-,62-,63-,64-,65-,82-,83+,84+,89-,90+,91+,92-,93-/m0/s1. The van der Waals surface area contributed by atoms with Gasteiger partial charge in [0.2, 0.25) is 35.5 Å². The third kappa shape index (κ3) is 24.0. The number of nitrogens with zero attached hydrogens (tertiary/aromatic N) is 5. The SMILES string of the molecule is C#CCN(Cc1ccc2nc(N)[nH]c(=O)c2c1)c1ccc(C(=O)N[C@@H](CCC(=O)OCCSSCCC(=O)N[C@@H](CC(=O)O)C(=O)N[C@@H](CC(=O)O)C(=O)N[C@@H](CC(=O)O)C(=O)N[C@@H](CNC(=O)CCSSCCOC(=O)NNC(=O)[C@@]2(O)[C@H](O)[C@]3(CC)C=CCN4CC[C@@]5(c6cc([C@@]7(C(=O)OC)C[C@H]8CN(CCc9c7[nH]c7ccccc97)C[C@](O)(CC)C8)c(OC)cc6N(C)[C@@H]25)[C@@H]43)C(=O)O)C(=O)O)cc1. The van der Waals surface area contributed by atoms with Crippen LogP contribution in [0.5, 0.6) is 5.75 Å². The predicted molar refractivity (Wildman–Crippen MR) is 518 cm³/mol. The number of piperidine rings is 1. The van der Waals surface area contributed by atoms with E-state index in [1.807, 2.05) is 78.3 Å². The first-order valence-corrected chi connectivity index (χ1v) is 50.4. The van der Waals surface area contributed by atoms with E-state index < -0.39 is 203 Å². The van der Waals surface area contributed by atoms with Gasteiger partial charge in [0.15, 0.2) is 5.60 Å². The summed E-state index contributed by atoms with van der Waals surface area (Å²) in [5, 5.41) is 102. The van der Waals surface area contributed by atoms with Crippen molar-refractivity contribution in [1.29, 1.82) is 0 Å². The molecule has 5 aliphatic heterocycles. The van der Waals surface area contributed by atoms with E-state index in [1.54, 1.807) is 47.2 Å². The van der Waals surface area contributed by atoms with Gasteiger partial charge in [-0.05, 0) is 123 Å². The van der Waals surface area contributed by atoms with Gasteiger partial charge in [-0.15, -0.1) is 6.42 Å². The quantitative estimate of drug-likeness (QED) is 0.00492. The predicted octanol–water partition coefficient (Wildman–Crippen LogP) is 1.78. The van der Waals surface area contributed by atoms with Crippen molar-refractivity contribution in [2.24, 2.45) is 11.3 Å². The van der Waals surface area contributed by atoms with Crippen LogP contribution in [0.2, 0.25) is 0 Å². The van der Waals surface area contributed by atoms with Gasteiger partial charge in [-0.25, -0.2) is 24.8 Å². The van der Waals surface area contributed by atoms with Crippen LogP contribution in [0, 0.1) is 23.7 Å². The van der Waals surface area contributed by atoms with E-state index >= 15 is 9.59 Å². The highest BCUT2D eigenvalue weighted by Gasteiger charge is 2.79. The Morgan fingerprint density at radius 1 is 0.688 bits per heavy atom. The molecular formula is C93H114N16O28S4. The van der Waals surface area contributed by atoms with E-state index in [2.05, 4.69) is 57.5 Å². The molecular weight excluding hydrogens is 1920 g/mol. The fourth-order valence-corrected chi connectivity index (χ4v) is 24.0. The number of carboxylic acids is 5. The molecule has 44 nitrogen and oxygen atoms in total. The van der Waals surface area contributed by atoms with Crippen molar-refractivity contribution in [2.75, 3.05) is 119 Å². The summed E-state index contributed by atoms with van der Waals surface area (Å²) in [7, 11) is 9.06. The van der Waals surface area contributed by atoms with Crippen molar-refractivity contribution in [2.45, 2.75) is 174 Å². The number of fused-ring (bicyclic) bond motifs is 7. The number of nitrogen functional groups attached to an aromatic ring is 1. The van der Waals surface area contributed by atoms with E-state index in [-0.39, 0.29) is 98.8 Å².